The minimum Gasteiger partial charge on any atom is -0.399 e. The van der Waals surface area contributed by atoms with Crippen LogP contribution < -0.4 is 16.6 Å². The van der Waals surface area contributed by atoms with Gasteiger partial charge in [0, 0.05) is 11.3 Å². The van der Waals surface area contributed by atoms with Crippen molar-refractivity contribution < 1.29 is 13.2 Å². The van der Waals surface area contributed by atoms with Gasteiger partial charge in [0.2, 0.25) is 10.0 Å². The van der Waals surface area contributed by atoms with Crippen molar-refractivity contribution in [2.75, 3.05) is 12.3 Å². The number of carbonyl (C=O) groups is 1. The lowest BCUT2D eigenvalue weighted by Gasteiger charge is -2.06. The summed E-state index contributed by atoms with van der Waals surface area (Å²) in [5, 5.41) is 4.94. The summed E-state index contributed by atoms with van der Waals surface area (Å²) in [4.78, 5) is 11.1. The average Bonchev–Trinajstić information content (AvgIpc) is 2.14. The minimum atomic E-state index is -3.94. The Morgan fingerprint density at radius 2 is 1.93 bits per heavy atom. The second-order valence-corrected chi connectivity index (χ2v) is 4.46. The summed E-state index contributed by atoms with van der Waals surface area (Å²) in [6.45, 7) is -0.300. The first-order valence-electron chi connectivity index (χ1n) is 4.02. The fourth-order valence-corrected chi connectivity index (χ4v) is 1.86. The van der Waals surface area contributed by atoms with Gasteiger partial charge in [0.1, 0.15) is 0 Å². The van der Waals surface area contributed by atoms with Crippen LogP contribution in [0.25, 0.3) is 0 Å². The van der Waals surface area contributed by atoms with E-state index in [1.165, 1.54) is 18.2 Å². The van der Waals surface area contributed by atoms with Gasteiger partial charge in [0.15, 0.2) is 5.78 Å². The molecule has 0 aliphatic carbocycles. The number of anilines is 1. The molecule has 0 fully saturated rings. The highest BCUT2D eigenvalue weighted by atomic mass is 32.2. The first-order chi connectivity index (χ1) is 6.86. The highest BCUT2D eigenvalue weighted by Gasteiger charge is 2.18. The highest BCUT2D eigenvalue weighted by Crippen LogP contribution is 2.17. The van der Waals surface area contributed by atoms with Crippen LogP contribution in [0.5, 0.6) is 0 Å². The van der Waals surface area contributed by atoms with Crippen molar-refractivity contribution in [3.05, 3.63) is 23.8 Å². The van der Waals surface area contributed by atoms with Gasteiger partial charge in [0.25, 0.3) is 0 Å². The van der Waals surface area contributed by atoms with Gasteiger partial charge < -0.3 is 11.5 Å². The predicted molar refractivity (Wildman–Crippen MR) is 55.6 cm³/mol. The van der Waals surface area contributed by atoms with E-state index in [1.54, 1.807) is 0 Å². The number of benzene rings is 1. The van der Waals surface area contributed by atoms with Crippen LogP contribution in [0.4, 0.5) is 5.69 Å². The summed E-state index contributed by atoms with van der Waals surface area (Å²) in [6, 6.07) is 3.79. The molecule has 0 unspecified atom stereocenters. The van der Waals surface area contributed by atoms with E-state index in [9.17, 15) is 13.2 Å². The van der Waals surface area contributed by atoms with E-state index in [4.69, 9.17) is 16.6 Å². The molecule has 0 aliphatic heterocycles. The molecule has 0 radical (unpaired) electrons. The Labute approximate surface area is 87.1 Å². The van der Waals surface area contributed by atoms with E-state index in [0.29, 0.717) is 0 Å². The monoisotopic (exact) mass is 229 g/mol. The Hall–Kier alpha value is -1.44. The Bertz CT molecular complexity index is 496. The lowest BCUT2D eigenvalue weighted by atomic mass is 10.1. The molecule has 0 saturated carbocycles. The highest BCUT2D eigenvalue weighted by molar-refractivity contribution is 7.89. The molecule has 6 nitrogen and oxygen atoms in total. The number of sulfonamides is 1. The first-order valence-corrected chi connectivity index (χ1v) is 5.56. The van der Waals surface area contributed by atoms with E-state index in [2.05, 4.69) is 0 Å². The van der Waals surface area contributed by atoms with Gasteiger partial charge >= 0.3 is 0 Å². The maximum Gasteiger partial charge on any atom is 0.238 e. The van der Waals surface area contributed by atoms with Crippen LogP contribution in [0.3, 0.4) is 0 Å². The number of Topliss-reactive ketones (excluding diaryl/α,β-unsaturated/α-hetero) is 1. The minimum absolute atomic E-state index is 0.0694. The second kappa shape index (κ2) is 3.97. The molecular weight excluding hydrogens is 218 g/mol. The molecule has 0 heterocycles. The summed E-state index contributed by atoms with van der Waals surface area (Å²) in [5.41, 5.74) is 10.8. The van der Waals surface area contributed by atoms with Gasteiger partial charge in [-0.2, -0.15) is 0 Å². The molecule has 0 atom stereocenters. The molecule has 0 spiro atoms. The van der Waals surface area contributed by atoms with Crippen molar-refractivity contribution in [1.29, 1.82) is 0 Å². The number of hydrogen-bond donors (Lipinski definition) is 3. The Morgan fingerprint density at radius 1 is 1.33 bits per heavy atom. The van der Waals surface area contributed by atoms with Crippen LogP contribution >= 0.6 is 0 Å². The molecule has 15 heavy (non-hydrogen) atoms. The number of nitrogen functional groups attached to an aromatic ring is 1. The number of carbonyl (C=O) groups excluding carboxylic acids is 1. The summed E-state index contributed by atoms with van der Waals surface area (Å²) in [6.07, 6.45) is 0. The second-order valence-electron chi connectivity index (χ2n) is 2.93. The fourth-order valence-electron chi connectivity index (χ4n) is 1.12. The zero-order chi connectivity index (χ0) is 11.6. The van der Waals surface area contributed by atoms with Gasteiger partial charge in [-0.1, -0.05) is 0 Å². The van der Waals surface area contributed by atoms with Crippen LogP contribution in [0.15, 0.2) is 23.1 Å². The van der Waals surface area contributed by atoms with E-state index in [-0.39, 0.29) is 22.7 Å². The van der Waals surface area contributed by atoms with Gasteiger partial charge in [-0.25, -0.2) is 13.6 Å². The summed E-state index contributed by atoms with van der Waals surface area (Å²) in [7, 11) is -3.94. The van der Waals surface area contributed by atoms with Crippen molar-refractivity contribution in [3.8, 4) is 0 Å². The number of primary sulfonamides is 1. The quantitative estimate of drug-likeness (QED) is 0.455. The van der Waals surface area contributed by atoms with Crippen molar-refractivity contribution >= 4 is 21.5 Å². The Kier molecular flexibility index (Phi) is 3.08. The van der Waals surface area contributed by atoms with Gasteiger partial charge in [0.05, 0.1) is 11.4 Å². The van der Waals surface area contributed by atoms with Crippen LogP contribution in [0.1, 0.15) is 10.4 Å². The largest absolute Gasteiger partial charge is 0.399 e. The molecule has 0 bridgehead atoms. The van der Waals surface area contributed by atoms with Crippen LogP contribution in [0.2, 0.25) is 0 Å². The zero-order valence-corrected chi connectivity index (χ0v) is 8.62. The number of ketones is 1. The Balaban J connectivity index is 3.47. The SMILES string of the molecule is NCC(=O)c1cc(N)ccc1S(N)(=O)=O. The van der Waals surface area contributed by atoms with Crippen LogP contribution in [0, 0.1) is 0 Å². The van der Waals surface area contributed by atoms with Crippen molar-refractivity contribution in [1.82, 2.24) is 0 Å². The molecule has 6 N–H and O–H groups in total. The number of rotatable bonds is 3. The fraction of sp³-hybridized carbons (Fsp3) is 0.125. The maximum atomic E-state index is 11.3. The summed E-state index contributed by atoms with van der Waals surface area (Å²) in [5.74, 6) is -0.522. The third-order valence-electron chi connectivity index (χ3n) is 1.80. The molecule has 1 aromatic rings. The molecule has 7 heteroatoms. The topological polar surface area (TPSA) is 129 Å². The Morgan fingerprint density at radius 3 is 2.40 bits per heavy atom. The van der Waals surface area contributed by atoms with Gasteiger partial charge in [-0.3, -0.25) is 4.79 Å². The van der Waals surface area contributed by atoms with E-state index >= 15 is 0 Å². The van der Waals surface area contributed by atoms with Crippen molar-refractivity contribution in [2.24, 2.45) is 10.9 Å². The van der Waals surface area contributed by atoms with Crippen molar-refractivity contribution in [3.63, 3.8) is 0 Å². The molecule has 0 aliphatic rings. The normalized spacial score (nSPS) is 11.3. The van der Waals surface area contributed by atoms with Crippen molar-refractivity contribution in [2.45, 2.75) is 4.90 Å². The average molecular weight is 229 g/mol. The van der Waals surface area contributed by atoms with Gasteiger partial charge in [-0.15, -0.1) is 0 Å². The zero-order valence-electron chi connectivity index (χ0n) is 7.80. The molecule has 0 aromatic heterocycles. The third kappa shape index (κ3) is 2.52. The molecule has 1 aromatic carbocycles. The lowest BCUT2D eigenvalue weighted by Crippen LogP contribution is -2.21. The first kappa shape index (κ1) is 11.6. The summed E-state index contributed by atoms with van der Waals surface area (Å²) >= 11 is 0. The molecule has 82 valence electrons. The maximum absolute atomic E-state index is 11.3. The van der Waals surface area contributed by atoms with Gasteiger partial charge in [-0.05, 0) is 18.2 Å². The van der Waals surface area contributed by atoms with E-state index in [0.717, 1.165) is 0 Å². The van der Waals surface area contributed by atoms with Crippen LogP contribution in [-0.4, -0.2) is 20.7 Å². The predicted octanol–water partition coefficient (Wildman–Crippen LogP) is -0.942. The summed E-state index contributed by atoms with van der Waals surface area (Å²) < 4.78 is 22.3. The van der Waals surface area contributed by atoms with E-state index in [1.807, 2.05) is 0 Å². The number of hydrogen-bond acceptors (Lipinski definition) is 5. The van der Waals surface area contributed by atoms with E-state index < -0.39 is 15.8 Å². The lowest BCUT2D eigenvalue weighted by molar-refractivity contribution is 0.0998. The molecule has 1 rings (SSSR count). The van der Waals surface area contributed by atoms with Crippen LogP contribution in [-0.2, 0) is 10.0 Å². The molecule has 0 amide bonds. The molecule has 0 saturated heterocycles. The number of nitrogens with two attached hydrogens (primary N) is 3. The third-order valence-corrected chi connectivity index (χ3v) is 2.76. The molecular formula is C8H11N3O3S. The smallest absolute Gasteiger partial charge is 0.238 e. The standard InChI is InChI=1S/C8H11N3O3S/c9-4-7(12)6-3-5(10)1-2-8(6)15(11,13)14/h1-3H,4,9-10H2,(H2,11,13,14).